The molecule has 2 aromatic carbocycles. The van der Waals surface area contributed by atoms with Gasteiger partial charge in [-0.05, 0) is 12.1 Å². The number of para-hydroxylation sites is 2. The number of rotatable bonds is 10. The number of hydrogen-bond donors (Lipinski definition) is 0. The molecule has 1 aromatic heterocycles. The van der Waals surface area contributed by atoms with Crippen LogP contribution in [0.25, 0.3) is 11.1 Å². The third kappa shape index (κ3) is 6.17. The zero-order valence-corrected chi connectivity index (χ0v) is 20.1. The van der Waals surface area contributed by atoms with E-state index in [1.165, 1.54) is 53.4 Å². The van der Waals surface area contributed by atoms with Crippen LogP contribution in [0.15, 0.2) is 73.4 Å². The second-order valence-corrected chi connectivity index (χ2v) is 6.91. The predicted octanol–water partition coefficient (Wildman–Crippen LogP) is 4.38. The Kier molecular flexibility index (Phi) is 8.99. The maximum Gasteiger partial charge on any atom is 0.341 e. The molecule has 10 nitrogen and oxygen atoms in total. The molecular weight excluding hydrogens is 468 g/mol. The molecule has 10 heteroatoms. The molecule has 3 aromatic rings. The van der Waals surface area contributed by atoms with Crippen molar-refractivity contribution in [1.29, 1.82) is 0 Å². The number of nitrogens with zero attached hydrogens (tertiary/aromatic N) is 2. The fourth-order valence-electron chi connectivity index (χ4n) is 3.11. The molecule has 0 atom stereocenters. The number of carbonyl (C=O) groups excluding carboxylic acids is 2. The second-order valence-electron chi connectivity index (χ2n) is 6.91. The summed E-state index contributed by atoms with van der Waals surface area (Å²) in [7, 11) is 5.39. The molecular formula is C26H24N2O8. The largest absolute Gasteiger partial charge is 0.503 e. The van der Waals surface area contributed by atoms with Crippen molar-refractivity contribution in [2.45, 2.75) is 0 Å². The highest BCUT2D eigenvalue weighted by Gasteiger charge is 2.20. The Morgan fingerprint density at radius 1 is 0.667 bits per heavy atom. The first-order valence-corrected chi connectivity index (χ1v) is 10.5. The fourth-order valence-corrected chi connectivity index (χ4v) is 3.11. The van der Waals surface area contributed by atoms with E-state index in [4.69, 9.17) is 28.4 Å². The van der Waals surface area contributed by atoms with Crippen LogP contribution in [0.5, 0.6) is 23.3 Å². The molecule has 0 unspecified atom stereocenters. The van der Waals surface area contributed by atoms with Gasteiger partial charge in [0.2, 0.25) is 11.8 Å². The van der Waals surface area contributed by atoms with E-state index in [1.807, 2.05) is 0 Å². The van der Waals surface area contributed by atoms with E-state index in [1.54, 1.807) is 48.5 Å². The van der Waals surface area contributed by atoms with Crippen LogP contribution in [0, 0.1) is 0 Å². The number of benzene rings is 2. The SMILES string of the molecule is COC=C(C(=O)OC)c1ccccc1Oc1cc(Oc2ccccc2C(=COC)C(=O)OC)ncn1. The highest BCUT2D eigenvalue weighted by Crippen LogP contribution is 2.33. The maximum absolute atomic E-state index is 12.2. The molecule has 0 bridgehead atoms. The summed E-state index contributed by atoms with van der Waals surface area (Å²) < 4.78 is 31.6. The Balaban J connectivity index is 1.93. The first-order chi connectivity index (χ1) is 17.5. The summed E-state index contributed by atoms with van der Waals surface area (Å²) in [5.41, 5.74) is 1.20. The highest BCUT2D eigenvalue weighted by atomic mass is 16.5. The third-order valence-corrected chi connectivity index (χ3v) is 4.68. The van der Waals surface area contributed by atoms with Gasteiger partial charge in [0, 0.05) is 11.1 Å². The van der Waals surface area contributed by atoms with E-state index in [2.05, 4.69) is 9.97 Å². The molecule has 0 aliphatic rings. The van der Waals surface area contributed by atoms with E-state index in [9.17, 15) is 9.59 Å². The van der Waals surface area contributed by atoms with Crippen LogP contribution in [-0.2, 0) is 28.5 Å². The molecule has 0 saturated heterocycles. The standard InChI is InChI=1S/C26H24N2O8/c1-31-14-19(25(29)33-3)17-9-5-7-11-21(17)35-23-13-24(28-16-27-23)36-22-12-8-6-10-18(22)20(15-32-2)26(30)34-4/h5-16H,1-4H3. The third-order valence-electron chi connectivity index (χ3n) is 4.68. The number of hydrogen-bond acceptors (Lipinski definition) is 10. The number of aromatic nitrogens is 2. The second kappa shape index (κ2) is 12.6. The van der Waals surface area contributed by atoms with Crippen molar-refractivity contribution in [2.75, 3.05) is 28.4 Å². The molecule has 0 saturated carbocycles. The van der Waals surface area contributed by atoms with Crippen LogP contribution in [0.2, 0.25) is 0 Å². The van der Waals surface area contributed by atoms with Crippen LogP contribution in [-0.4, -0.2) is 50.3 Å². The summed E-state index contributed by atoms with van der Waals surface area (Å²) in [6.07, 6.45) is 3.80. The van der Waals surface area contributed by atoms with Gasteiger partial charge in [-0.1, -0.05) is 36.4 Å². The molecule has 1 heterocycles. The zero-order valence-electron chi connectivity index (χ0n) is 20.1. The molecule has 0 N–H and O–H groups in total. The van der Waals surface area contributed by atoms with Crippen molar-refractivity contribution < 1.29 is 38.0 Å². The Hall–Kier alpha value is -4.86. The minimum Gasteiger partial charge on any atom is -0.503 e. The number of ether oxygens (including phenoxy) is 6. The van der Waals surface area contributed by atoms with Gasteiger partial charge in [-0.25, -0.2) is 19.6 Å². The molecule has 3 rings (SSSR count). The van der Waals surface area contributed by atoms with Gasteiger partial charge in [-0.2, -0.15) is 0 Å². The average molecular weight is 492 g/mol. The molecule has 0 spiro atoms. The zero-order chi connectivity index (χ0) is 25.9. The van der Waals surface area contributed by atoms with E-state index < -0.39 is 11.9 Å². The number of methoxy groups -OCH3 is 4. The molecule has 0 aliphatic heterocycles. The number of esters is 2. The first kappa shape index (κ1) is 25.8. The summed E-state index contributed by atoms with van der Waals surface area (Å²) in [6.45, 7) is 0. The Labute approximate surface area is 207 Å². The van der Waals surface area contributed by atoms with Crippen LogP contribution in [0.3, 0.4) is 0 Å². The molecule has 0 radical (unpaired) electrons. The van der Waals surface area contributed by atoms with Crippen molar-refractivity contribution in [2.24, 2.45) is 0 Å². The van der Waals surface area contributed by atoms with E-state index in [-0.39, 0.29) is 22.9 Å². The van der Waals surface area contributed by atoms with Crippen molar-refractivity contribution in [3.8, 4) is 23.3 Å². The maximum atomic E-state index is 12.2. The molecule has 36 heavy (non-hydrogen) atoms. The van der Waals surface area contributed by atoms with Gasteiger partial charge >= 0.3 is 11.9 Å². The van der Waals surface area contributed by atoms with Crippen LogP contribution in [0.1, 0.15) is 11.1 Å². The summed E-state index contributed by atoms with van der Waals surface area (Å²) in [6, 6.07) is 15.1. The minimum atomic E-state index is -0.596. The average Bonchev–Trinajstić information content (AvgIpc) is 2.91. The van der Waals surface area contributed by atoms with Crippen molar-refractivity contribution in [3.05, 3.63) is 84.6 Å². The van der Waals surface area contributed by atoms with Crippen molar-refractivity contribution in [3.63, 3.8) is 0 Å². The topological polar surface area (TPSA) is 115 Å². The van der Waals surface area contributed by atoms with E-state index in [0.717, 1.165) is 0 Å². The Morgan fingerprint density at radius 3 is 1.47 bits per heavy atom. The lowest BCUT2D eigenvalue weighted by atomic mass is 10.1. The lowest BCUT2D eigenvalue weighted by molar-refractivity contribution is -0.134. The lowest BCUT2D eigenvalue weighted by Gasteiger charge is -2.14. The minimum absolute atomic E-state index is 0.146. The number of carbonyl (C=O) groups is 2. The van der Waals surface area contributed by atoms with Crippen molar-refractivity contribution in [1.82, 2.24) is 9.97 Å². The van der Waals surface area contributed by atoms with Gasteiger partial charge in [-0.15, -0.1) is 0 Å². The van der Waals surface area contributed by atoms with E-state index in [0.29, 0.717) is 22.6 Å². The lowest BCUT2D eigenvalue weighted by Crippen LogP contribution is -2.06. The van der Waals surface area contributed by atoms with Crippen LogP contribution >= 0.6 is 0 Å². The smallest absolute Gasteiger partial charge is 0.341 e. The van der Waals surface area contributed by atoms with Gasteiger partial charge in [0.15, 0.2) is 0 Å². The van der Waals surface area contributed by atoms with Gasteiger partial charge < -0.3 is 28.4 Å². The molecule has 0 aliphatic carbocycles. The Morgan fingerprint density at radius 2 is 1.08 bits per heavy atom. The summed E-state index contributed by atoms with van der Waals surface area (Å²) in [5.74, 6) is -0.248. The monoisotopic (exact) mass is 492 g/mol. The van der Waals surface area contributed by atoms with Crippen molar-refractivity contribution >= 4 is 23.1 Å². The first-order valence-electron chi connectivity index (χ1n) is 10.5. The van der Waals surface area contributed by atoms with Gasteiger partial charge in [0.25, 0.3) is 0 Å². The highest BCUT2D eigenvalue weighted by molar-refractivity contribution is 6.17. The molecule has 186 valence electrons. The predicted molar refractivity (Wildman–Crippen MR) is 129 cm³/mol. The summed E-state index contributed by atoms with van der Waals surface area (Å²) in [4.78, 5) is 32.8. The Bertz CT molecular complexity index is 1190. The molecule has 0 fully saturated rings. The normalized spacial score (nSPS) is 11.3. The summed E-state index contributed by atoms with van der Waals surface area (Å²) in [5, 5.41) is 0. The van der Waals surface area contributed by atoms with Gasteiger partial charge in [0.1, 0.15) is 29.0 Å². The van der Waals surface area contributed by atoms with Gasteiger partial charge in [-0.3, -0.25) is 0 Å². The summed E-state index contributed by atoms with van der Waals surface area (Å²) >= 11 is 0. The van der Waals surface area contributed by atoms with Crippen LogP contribution in [0.4, 0.5) is 0 Å². The fraction of sp³-hybridized carbons (Fsp3) is 0.154. The van der Waals surface area contributed by atoms with Crippen LogP contribution < -0.4 is 9.47 Å². The van der Waals surface area contributed by atoms with E-state index >= 15 is 0 Å². The quantitative estimate of drug-likeness (QED) is 0.229. The van der Waals surface area contributed by atoms with Gasteiger partial charge in [0.05, 0.1) is 47.0 Å². The molecule has 0 amide bonds.